The van der Waals surface area contributed by atoms with Crippen LogP contribution in [0.5, 0.6) is 0 Å². The van der Waals surface area contributed by atoms with E-state index in [9.17, 15) is 4.79 Å². The third-order valence-corrected chi connectivity index (χ3v) is 1.03. The van der Waals surface area contributed by atoms with Crippen LogP contribution in [0, 0.1) is 6.92 Å². The van der Waals surface area contributed by atoms with E-state index in [1.165, 1.54) is 6.26 Å². The molecule has 0 bridgehead atoms. The molecule has 0 aliphatic rings. The van der Waals surface area contributed by atoms with E-state index in [4.69, 9.17) is 4.42 Å². The Bertz CT molecular complexity index is 188. The molecule has 0 radical (unpaired) electrons. The van der Waals surface area contributed by atoms with Crippen LogP contribution in [0.1, 0.15) is 16.1 Å². The fourth-order valence-corrected chi connectivity index (χ4v) is 0.517. The molecule has 2 nitrogen and oxygen atoms in total. The van der Waals surface area contributed by atoms with Gasteiger partial charge in [-0.2, -0.15) is 0 Å². The minimum absolute atomic E-state index is 0.630. The molecule has 1 aromatic rings. The van der Waals surface area contributed by atoms with Crippen LogP contribution in [-0.4, -0.2) is 6.29 Å². The maximum Gasteiger partial charge on any atom is 0.153 e. The number of rotatable bonds is 1. The molecule has 1 heterocycles. The molecule has 0 unspecified atom stereocenters. The molecule has 0 saturated carbocycles. The second kappa shape index (κ2) is 1.82. The Morgan fingerprint density at radius 1 is 1.75 bits per heavy atom. The molecule has 1 aromatic heterocycles. The van der Waals surface area contributed by atoms with E-state index in [1.807, 2.05) is 0 Å². The van der Waals surface area contributed by atoms with Crippen LogP contribution >= 0.6 is 0 Å². The maximum absolute atomic E-state index is 10.0. The van der Waals surface area contributed by atoms with E-state index < -0.39 is 0 Å². The third kappa shape index (κ3) is 0.644. The molecule has 0 atom stereocenters. The predicted octanol–water partition coefficient (Wildman–Crippen LogP) is 1.40. The number of carbonyl (C=O) groups is 1. The Labute approximate surface area is 47.1 Å². The minimum Gasteiger partial charge on any atom is -0.469 e. The molecule has 0 spiro atoms. The highest BCUT2D eigenvalue weighted by atomic mass is 16.3. The Morgan fingerprint density at radius 2 is 2.50 bits per heavy atom. The molecule has 0 N–H and O–H groups in total. The highest BCUT2D eigenvalue weighted by Crippen LogP contribution is 2.03. The van der Waals surface area contributed by atoms with Gasteiger partial charge in [-0.25, -0.2) is 0 Å². The average Bonchev–Trinajstić information content (AvgIpc) is 2.14. The van der Waals surface area contributed by atoms with Crippen LogP contribution in [0.25, 0.3) is 0 Å². The van der Waals surface area contributed by atoms with Crippen molar-refractivity contribution in [1.29, 1.82) is 0 Å². The fraction of sp³-hybridized carbons (Fsp3) is 0.167. The minimum atomic E-state index is 0.630. The summed E-state index contributed by atoms with van der Waals surface area (Å²) in [6.07, 6.45) is 2.28. The van der Waals surface area contributed by atoms with Crippen LogP contribution in [0.2, 0.25) is 0 Å². The van der Waals surface area contributed by atoms with Crippen LogP contribution in [0.15, 0.2) is 16.7 Å². The lowest BCUT2D eigenvalue weighted by Crippen LogP contribution is -1.74. The van der Waals surface area contributed by atoms with Crippen molar-refractivity contribution < 1.29 is 9.21 Å². The SMILES string of the molecule is Cc1occc1C=O. The topological polar surface area (TPSA) is 30.2 Å². The van der Waals surface area contributed by atoms with Crippen molar-refractivity contribution >= 4 is 6.29 Å². The third-order valence-electron chi connectivity index (χ3n) is 1.03. The summed E-state index contributed by atoms with van der Waals surface area (Å²) < 4.78 is 4.82. The summed E-state index contributed by atoms with van der Waals surface area (Å²) in [6.45, 7) is 1.75. The van der Waals surface area contributed by atoms with Crippen molar-refractivity contribution in [3.05, 3.63) is 23.7 Å². The van der Waals surface area contributed by atoms with E-state index in [1.54, 1.807) is 13.0 Å². The van der Waals surface area contributed by atoms with Crippen molar-refractivity contribution in [2.45, 2.75) is 6.92 Å². The summed E-state index contributed by atoms with van der Waals surface area (Å²) >= 11 is 0. The Kier molecular flexibility index (Phi) is 1.16. The number of furan rings is 1. The first-order valence-electron chi connectivity index (χ1n) is 2.34. The molecular weight excluding hydrogens is 104 g/mol. The molecule has 0 aliphatic carbocycles. The van der Waals surface area contributed by atoms with Gasteiger partial charge in [0.2, 0.25) is 0 Å². The van der Waals surface area contributed by atoms with E-state index in [-0.39, 0.29) is 0 Å². The Balaban J connectivity index is 3.09. The number of hydrogen-bond donors (Lipinski definition) is 0. The smallest absolute Gasteiger partial charge is 0.153 e. The molecular formula is C6H6O2. The van der Waals surface area contributed by atoms with Crippen LogP contribution in [0.3, 0.4) is 0 Å². The molecule has 42 valence electrons. The monoisotopic (exact) mass is 110 g/mol. The summed E-state index contributed by atoms with van der Waals surface area (Å²) in [6, 6.07) is 1.64. The average molecular weight is 110 g/mol. The van der Waals surface area contributed by atoms with Gasteiger partial charge in [0.05, 0.1) is 11.8 Å². The van der Waals surface area contributed by atoms with Crippen molar-refractivity contribution in [3.8, 4) is 0 Å². The van der Waals surface area contributed by atoms with Crippen LogP contribution < -0.4 is 0 Å². The molecule has 0 fully saturated rings. The molecule has 2 heteroatoms. The zero-order chi connectivity index (χ0) is 5.98. The lowest BCUT2D eigenvalue weighted by molar-refractivity contribution is 0.112. The second-order valence-corrected chi connectivity index (χ2v) is 1.55. The van der Waals surface area contributed by atoms with Crippen molar-refractivity contribution in [3.63, 3.8) is 0 Å². The van der Waals surface area contributed by atoms with Gasteiger partial charge >= 0.3 is 0 Å². The first kappa shape index (κ1) is 5.09. The fourth-order valence-electron chi connectivity index (χ4n) is 0.517. The van der Waals surface area contributed by atoms with Gasteiger partial charge in [-0.3, -0.25) is 4.79 Å². The lowest BCUT2D eigenvalue weighted by atomic mass is 10.3. The van der Waals surface area contributed by atoms with E-state index in [0.717, 1.165) is 6.29 Å². The first-order chi connectivity index (χ1) is 3.84. The van der Waals surface area contributed by atoms with Gasteiger partial charge in [-0.1, -0.05) is 0 Å². The van der Waals surface area contributed by atoms with Gasteiger partial charge in [0.1, 0.15) is 5.76 Å². The molecule has 0 aliphatic heterocycles. The van der Waals surface area contributed by atoms with Crippen LogP contribution in [0.4, 0.5) is 0 Å². The Hall–Kier alpha value is -1.05. The molecule has 0 aromatic carbocycles. The van der Waals surface area contributed by atoms with Gasteiger partial charge in [0.15, 0.2) is 6.29 Å². The summed E-state index contributed by atoms with van der Waals surface area (Å²) in [5.74, 6) is 0.681. The van der Waals surface area contributed by atoms with Gasteiger partial charge in [0, 0.05) is 0 Å². The standard InChI is InChI=1S/C6H6O2/c1-5-6(4-7)2-3-8-5/h2-4H,1H3. The largest absolute Gasteiger partial charge is 0.469 e. The number of aldehydes is 1. The zero-order valence-electron chi connectivity index (χ0n) is 4.55. The van der Waals surface area contributed by atoms with Crippen LogP contribution in [-0.2, 0) is 0 Å². The first-order valence-corrected chi connectivity index (χ1v) is 2.34. The number of aryl methyl sites for hydroxylation is 1. The van der Waals surface area contributed by atoms with Crippen molar-refractivity contribution in [1.82, 2.24) is 0 Å². The van der Waals surface area contributed by atoms with Gasteiger partial charge in [-0.15, -0.1) is 0 Å². The summed E-state index contributed by atoms with van der Waals surface area (Å²) in [7, 11) is 0. The number of hydrogen-bond acceptors (Lipinski definition) is 2. The van der Waals surface area contributed by atoms with E-state index >= 15 is 0 Å². The van der Waals surface area contributed by atoms with E-state index in [2.05, 4.69) is 0 Å². The van der Waals surface area contributed by atoms with Gasteiger partial charge in [-0.05, 0) is 13.0 Å². The molecule has 1 rings (SSSR count). The molecule has 0 saturated heterocycles. The van der Waals surface area contributed by atoms with Gasteiger partial charge in [0.25, 0.3) is 0 Å². The summed E-state index contributed by atoms with van der Waals surface area (Å²) in [5, 5.41) is 0. The normalized spacial score (nSPS) is 9.12. The number of carbonyl (C=O) groups excluding carboxylic acids is 1. The lowest BCUT2D eigenvalue weighted by Gasteiger charge is -1.78. The van der Waals surface area contributed by atoms with Crippen molar-refractivity contribution in [2.75, 3.05) is 0 Å². The predicted molar refractivity (Wildman–Crippen MR) is 28.8 cm³/mol. The highest BCUT2D eigenvalue weighted by Gasteiger charge is 1.95. The Morgan fingerprint density at radius 3 is 2.75 bits per heavy atom. The maximum atomic E-state index is 10.0. The molecule has 8 heavy (non-hydrogen) atoms. The van der Waals surface area contributed by atoms with E-state index in [0.29, 0.717) is 11.3 Å². The zero-order valence-corrected chi connectivity index (χ0v) is 4.55. The summed E-state index contributed by atoms with van der Waals surface area (Å²) in [5.41, 5.74) is 0.630. The highest BCUT2D eigenvalue weighted by molar-refractivity contribution is 5.75. The summed E-state index contributed by atoms with van der Waals surface area (Å²) in [4.78, 5) is 10.0. The van der Waals surface area contributed by atoms with Gasteiger partial charge < -0.3 is 4.42 Å². The molecule has 0 amide bonds. The quantitative estimate of drug-likeness (QED) is 0.511. The van der Waals surface area contributed by atoms with Crippen molar-refractivity contribution in [2.24, 2.45) is 0 Å². The second-order valence-electron chi connectivity index (χ2n) is 1.55.